The molecule has 0 amide bonds. The maximum Gasteiger partial charge on any atom is 0.227 e. The van der Waals surface area contributed by atoms with E-state index in [9.17, 15) is 0 Å². The molecule has 0 atom stereocenters. The topological polar surface area (TPSA) is 42.2 Å². The van der Waals surface area contributed by atoms with Gasteiger partial charge in [0.25, 0.3) is 0 Å². The monoisotopic (exact) mass is 327 g/mol. The Hall–Kier alpha value is -2.17. The largest absolute Gasteiger partial charge is 0.444 e. The molecule has 5 heteroatoms. The normalized spacial score (nSPS) is 11.1. The molecule has 3 aromatic rings. The molecular formula is C18H18ClN3O. The molecule has 0 bridgehead atoms. The highest BCUT2D eigenvalue weighted by molar-refractivity contribution is 6.33. The van der Waals surface area contributed by atoms with Crippen LogP contribution in [0.4, 0.5) is 0 Å². The van der Waals surface area contributed by atoms with E-state index in [0.717, 1.165) is 30.9 Å². The average molecular weight is 328 g/mol. The van der Waals surface area contributed by atoms with E-state index in [2.05, 4.69) is 21.8 Å². The zero-order valence-electron chi connectivity index (χ0n) is 12.9. The van der Waals surface area contributed by atoms with Gasteiger partial charge < -0.3 is 4.42 Å². The van der Waals surface area contributed by atoms with Gasteiger partial charge >= 0.3 is 0 Å². The second-order valence-electron chi connectivity index (χ2n) is 5.28. The molecule has 118 valence electrons. The Morgan fingerprint density at radius 2 is 1.87 bits per heavy atom. The van der Waals surface area contributed by atoms with Gasteiger partial charge in [0.1, 0.15) is 6.26 Å². The lowest BCUT2D eigenvalue weighted by molar-refractivity contribution is 0.268. The van der Waals surface area contributed by atoms with Gasteiger partial charge in [0.15, 0.2) is 0 Å². The number of hydrogen-bond donors (Lipinski definition) is 0. The van der Waals surface area contributed by atoms with Crippen molar-refractivity contribution >= 4 is 11.6 Å². The number of pyridine rings is 1. The Bertz CT molecular complexity index is 758. The molecule has 0 radical (unpaired) electrons. The lowest BCUT2D eigenvalue weighted by Crippen LogP contribution is -2.22. The summed E-state index contributed by atoms with van der Waals surface area (Å²) in [7, 11) is 0. The summed E-state index contributed by atoms with van der Waals surface area (Å²) in [5.41, 5.74) is 2.95. The summed E-state index contributed by atoms with van der Waals surface area (Å²) in [5, 5.41) is 0.644. The van der Waals surface area contributed by atoms with Gasteiger partial charge in [0.05, 0.1) is 16.3 Å². The summed E-state index contributed by atoms with van der Waals surface area (Å²) in [5.74, 6) is 0.561. The first-order chi connectivity index (χ1) is 11.3. The van der Waals surface area contributed by atoms with Crippen LogP contribution in [0.1, 0.15) is 18.2 Å². The highest BCUT2D eigenvalue weighted by Crippen LogP contribution is 2.27. The van der Waals surface area contributed by atoms with E-state index >= 15 is 0 Å². The SMILES string of the molecule is CCN(Cc1ccncc1)Cc1coc(-c2ccccc2Cl)n1. The number of halogens is 1. The van der Waals surface area contributed by atoms with Crippen molar-refractivity contribution in [2.75, 3.05) is 6.54 Å². The minimum absolute atomic E-state index is 0.561. The van der Waals surface area contributed by atoms with Gasteiger partial charge in [-0.3, -0.25) is 9.88 Å². The molecule has 23 heavy (non-hydrogen) atoms. The molecule has 0 unspecified atom stereocenters. The molecule has 0 aliphatic rings. The summed E-state index contributed by atoms with van der Waals surface area (Å²) in [6, 6.07) is 11.6. The summed E-state index contributed by atoms with van der Waals surface area (Å²) in [4.78, 5) is 10.9. The Morgan fingerprint density at radius 1 is 1.09 bits per heavy atom. The maximum absolute atomic E-state index is 6.19. The summed E-state index contributed by atoms with van der Waals surface area (Å²) in [6.07, 6.45) is 5.33. The van der Waals surface area contributed by atoms with Gasteiger partial charge in [-0.1, -0.05) is 30.7 Å². The number of rotatable bonds is 6. The molecule has 0 saturated carbocycles. The maximum atomic E-state index is 6.19. The molecular weight excluding hydrogens is 310 g/mol. The summed E-state index contributed by atoms with van der Waals surface area (Å²) in [6.45, 7) is 4.65. The smallest absolute Gasteiger partial charge is 0.227 e. The Balaban J connectivity index is 1.71. The van der Waals surface area contributed by atoms with E-state index < -0.39 is 0 Å². The predicted molar refractivity (Wildman–Crippen MR) is 91.0 cm³/mol. The average Bonchev–Trinajstić information content (AvgIpc) is 3.04. The Kier molecular flexibility index (Phi) is 5.05. The third-order valence-corrected chi connectivity index (χ3v) is 3.97. The van der Waals surface area contributed by atoms with Crippen molar-refractivity contribution in [2.24, 2.45) is 0 Å². The van der Waals surface area contributed by atoms with Crippen molar-refractivity contribution < 1.29 is 4.42 Å². The van der Waals surface area contributed by atoms with Crippen molar-refractivity contribution in [3.05, 3.63) is 71.3 Å². The van der Waals surface area contributed by atoms with Crippen LogP contribution >= 0.6 is 11.6 Å². The second kappa shape index (κ2) is 7.40. The van der Waals surface area contributed by atoms with Crippen LogP contribution in [0, 0.1) is 0 Å². The molecule has 4 nitrogen and oxygen atoms in total. The summed E-state index contributed by atoms with van der Waals surface area (Å²) < 4.78 is 5.59. The molecule has 2 aromatic heterocycles. The van der Waals surface area contributed by atoms with E-state index in [-0.39, 0.29) is 0 Å². The number of hydrogen-bond acceptors (Lipinski definition) is 4. The van der Waals surface area contributed by atoms with E-state index in [1.54, 1.807) is 6.26 Å². The van der Waals surface area contributed by atoms with Gasteiger partial charge in [0.2, 0.25) is 5.89 Å². The van der Waals surface area contributed by atoms with E-state index in [0.29, 0.717) is 10.9 Å². The molecule has 0 spiro atoms. The van der Waals surface area contributed by atoms with Gasteiger partial charge in [-0.25, -0.2) is 4.98 Å². The van der Waals surface area contributed by atoms with Crippen LogP contribution in [0.25, 0.3) is 11.5 Å². The molecule has 3 rings (SSSR count). The van der Waals surface area contributed by atoms with Crippen LogP contribution in [-0.4, -0.2) is 21.4 Å². The lowest BCUT2D eigenvalue weighted by atomic mass is 10.2. The zero-order chi connectivity index (χ0) is 16.1. The van der Waals surface area contributed by atoms with E-state index in [4.69, 9.17) is 16.0 Å². The van der Waals surface area contributed by atoms with Crippen molar-refractivity contribution in [3.63, 3.8) is 0 Å². The lowest BCUT2D eigenvalue weighted by Gasteiger charge is -2.18. The van der Waals surface area contributed by atoms with Crippen LogP contribution in [-0.2, 0) is 13.1 Å². The van der Waals surface area contributed by atoms with Crippen molar-refractivity contribution in [2.45, 2.75) is 20.0 Å². The Labute approximate surface area is 140 Å². The molecule has 0 aliphatic heterocycles. The zero-order valence-corrected chi connectivity index (χ0v) is 13.7. The van der Waals surface area contributed by atoms with E-state index in [1.807, 2.05) is 48.8 Å². The third kappa shape index (κ3) is 3.97. The summed E-state index contributed by atoms with van der Waals surface area (Å²) >= 11 is 6.19. The number of benzene rings is 1. The van der Waals surface area contributed by atoms with Gasteiger partial charge in [0, 0.05) is 25.5 Å². The second-order valence-corrected chi connectivity index (χ2v) is 5.69. The number of nitrogens with zero attached hydrogens (tertiary/aromatic N) is 3. The van der Waals surface area contributed by atoms with Gasteiger partial charge in [-0.2, -0.15) is 0 Å². The highest BCUT2D eigenvalue weighted by atomic mass is 35.5. The van der Waals surface area contributed by atoms with Gasteiger partial charge in [-0.15, -0.1) is 0 Å². The van der Waals surface area contributed by atoms with Crippen molar-refractivity contribution in [1.29, 1.82) is 0 Å². The fourth-order valence-electron chi connectivity index (χ4n) is 2.39. The molecule has 0 N–H and O–H groups in total. The fourth-order valence-corrected chi connectivity index (χ4v) is 2.61. The predicted octanol–water partition coefficient (Wildman–Crippen LogP) is 4.41. The number of oxazole rings is 1. The van der Waals surface area contributed by atoms with Gasteiger partial charge in [-0.05, 0) is 36.4 Å². The van der Waals surface area contributed by atoms with Crippen molar-refractivity contribution in [1.82, 2.24) is 14.9 Å². The molecule has 0 saturated heterocycles. The fraction of sp³-hybridized carbons (Fsp3) is 0.222. The van der Waals surface area contributed by atoms with Crippen LogP contribution in [0.3, 0.4) is 0 Å². The highest BCUT2D eigenvalue weighted by Gasteiger charge is 2.12. The first kappa shape index (κ1) is 15.7. The molecule has 0 fully saturated rings. The number of aromatic nitrogens is 2. The minimum atomic E-state index is 0.561. The Morgan fingerprint density at radius 3 is 2.61 bits per heavy atom. The van der Waals surface area contributed by atoms with Crippen molar-refractivity contribution in [3.8, 4) is 11.5 Å². The van der Waals surface area contributed by atoms with Crippen LogP contribution in [0.2, 0.25) is 5.02 Å². The van der Waals surface area contributed by atoms with Crippen LogP contribution < -0.4 is 0 Å². The first-order valence-electron chi connectivity index (χ1n) is 7.57. The van der Waals surface area contributed by atoms with Crippen LogP contribution in [0.15, 0.2) is 59.5 Å². The molecule has 1 aromatic carbocycles. The van der Waals surface area contributed by atoms with E-state index in [1.165, 1.54) is 5.56 Å². The first-order valence-corrected chi connectivity index (χ1v) is 7.94. The molecule has 2 heterocycles. The quantitative estimate of drug-likeness (QED) is 0.672. The molecule has 0 aliphatic carbocycles. The minimum Gasteiger partial charge on any atom is -0.444 e. The standard InChI is InChI=1S/C18H18ClN3O/c1-2-22(11-14-7-9-20-10-8-14)12-15-13-23-18(21-15)16-5-3-4-6-17(16)19/h3-10,13H,2,11-12H2,1H3. The van der Waals surface area contributed by atoms with Crippen LogP contribution in [0.5, 0.6) is 0 Å². The third-order valence-electron chi connectivity index (χ3n) is 3.64.